The summed E-state index contributed by atoms with van der Waals surface area (Å²) >= 11 is 0. The number of hydrogen-bond donors (Lipinski definition) is 22. The van der Waals surface area contributed by atoms with Gasteiger partial charge in [0.25, 0.3) is 0 Å². The average molecular weight is 1550 g/mol. The maximum Gasteiger partial charge on any atom is 0.333 e. The second-order valence-corrected chi connectivity index (χ2v) is 15.8. The molecular weight excluding hydrogens is 1500 g/mol. The van der Waals surface area contributed by atoms with E-state index >= 15 is 0 Å². The normalized spacial score (nSPS) is 10.6. The molecule has 0 saturated heterocycles. The molecular formula is C58H51N7O44. The Balaban J connectivity index is -0.000000114. The first-order valence-electron chi connectivity index (χ1n) is 25.3. The van der Waals surface area contributed by atoms with Crippen molar-refractivity contribution in [3.63, 3.8) is 0 Å². The minimum absolute atomic E-state index is 0.558. The monoisotopic (exact) mass is 1550 g/mol. The summed E-state index contributed by atoms with van der Waals surface area (Å²) in [6, 6.07) is 10.6. The molecule has 0 aliphatic carbocycles. The van der Waals surface area contributed by atoms with E-state index in [-0.39, 0.29) is 0 Å². The van der Waals surface area contributed by atoms with Crippen molar-refractivity contribution in [1.29, 1.82) is 36.8 Å². The van der Waals surface area contributed by atoms with E-state index in [0.29, 0.717) is 122 Å². The molecule has 22 N–H and O–H groups in total. The molecule has 0 spiro atoms. The highest BCUT2D eigenvalue weighted by molar-refractivity contribution is 6.02. The van der Waals surface area contributed by atoms with E-state index in [9.17, 15) is 131 Å². The first-order chi connectivity index (χ1) is 50.0. The van der Waals surface area contributed by atoms with Crippen molar-refractivity contribution in [3.05, 3.63) is 133 Å². The van der Waals surface area contributed by atoms with E-state index in [1.165, 1.54) is 30.3 Å². The fourth-order valence-corrected chi connectivity index (χ4v) is 4.25. The van der Waals surface area contributed by atoms with Crippen LogP contribution in [0.2, 0.25) is 0 Å². The number of carbonyl (C=O) groups is 22. The number of carboxylic acid groups (broad SMARTS) is 22. The molecule has 0 aromatic carbocycles. The lowest BCUT2D eigenvalue weighted by atomic mass is 9.63. The Kier molecular flexibility index (Phi) is 75.2. The van der Waals surface area contributed by atoms with Crippen LogP contribution < -0.4 is 0 Å². The van der Waals surface area contributed by atoms with Crippen LogP contribution in [-0.4, -0.2) is 244 Å². The van der Waals surface area contributed by atoms with Crippen molar-refractivity contribution >= 4 is 131 Å². The fourth-order valence-electron chi connectivity index (χ4n) is 4.25. The van der Waals surface area contributed by atoms with Crippen LogP contribution in [0.5, 0.6) is 0 Å². The molecule has 0 radical (unpaired) electrons. The van der Waals surface area contributed by atoms with Crippen LogP contribution in [0.1, 0.15) is 25.7 Å². The number of carboxylic acids is 22. The Bertz CT molecular complexity index is 3250. The second-order valence-electron chi connectivity index (χ2n) is 15.8. The molecule has 0 rings (SSSR count). The van der Waals surface area contributed by atoms with Gasteiger partial charge in [-0.25, -0.2) is 105 Å². The lowest BCUT2D eigenvalue weighted by Crippen LogP contribution is -2.39. The van der Waals surface area contributed by atoms with E-state index in [2.05, 4.69) is 0 Å². The first kappa shape index (κ1) is 115. The van der Waals surface area contributed by atoms with E-state index in [1.54, 1.807) is 12.1 Å². The molecule has 109 heavy (non-hydrogen) atoms. The van der Waals surface area contributed by atoms with Gasteiger partial charge in [0.15, 0.2) is 0 Å². The van der Waals surface area contributed by atoms with Crippen molar-refractivity contribution < 1.29 is 218 Å². The largest absolute Gasteiger partial charge is 0.478 e. The Morgan fingerprint density at radius 3 is 0.450 bits per heavy atom. The molecule has 0 aliphatic rings. The highest BCUT2D eigenvalue weighted by Gasteiger charge is 2.53. The molecule has 2 atom stereocenters. The molecule has 0 aliphatic heterocycles. The maximum atomic E-state index is 12.1. The van der Waals surface area contributed by atoms with Gasteiger partial charge in [-0.2, -0.15) is 36.8 Å². The van der Waals surface area contributed by atoms with Gasteiger partial charge >= 0.3 is 131 Å². The quantitative estimate of drug-likeness (QED) is 0.0374. The van der Waals surface area contributed by atoms with Crippen LogP contribution in [0.25, 0.3) is 0 Å². The summed E-state index contributed by atoms with van der Waals surface area (Å²) in [5.74, 6) is -30.9. The van der Waals surface area contributed by atoms with E-state index in [4.69, 9.17) is 123 Å². The third kappa shape index (κ3) is 96.4. The predicted octanol–water partition coefficient (Wildman–Crippen LogP) is -1.62. The Hall–Kier alpha value is -18.1. The molecule has 0 bridgehead atoms. The van der Waals surface area contributed by atoms with Crippen LogP contribution in [0.3, 0.4) is 0 Å². The molecule has 582 valence electrons. The van der Waals surface area contributed by atoms with Gasteiger partial charge in [0.2, 0.25) is 0 Å². The van der Waals surface area contributed by atoms with Crippen LogP contribution in [0.4, 0.5) is 0 Å². The predicted molar refractivity (Wildman–Crippen MR) is 333 cm³/mol. The van der Waals surface area contributed by atoms with E-state index in [0.717, 1.165) is 0 Å². The SMILES string of the molecule is N#CCC(C#N)C(C#N)(CC#N)/C(C(=O)O)=C(\C(=O)O)C(C#N)(CC#N)CC#N.O=C(O)/C=C/C(=O)O.O=C(O)/C=C/C(=O)O.O=C(O)/C=C/C(=O)O.O=C(O)/C=C/C(=O)O.O=C(O)/C=C/C(=O)O.O=C(O)/C=C/C(=O)O.O=C(O)/C=C/C(=O)O.O=C(O)/C=C/C(=O)O.O=C(O)/C=C/C(=O)O.O=C(O)/C=C/C(=O)O. The highest BCUT2D eigenvalue weighted by atomic mass is 16.4. The summed E-state index contributed by atoms with van der Waals surface area (Å²) < 4.78 is 0. The summed E-state index contributed by atoms with van der Waals surface area (Å²) in [6.45, 7) is 0. The second kappa shape index (κ2) is 71.2. The smallest absolute Gasteiger partial charge is 0.333 e. The number of aliphatic carboxylic acids is 22. The zero-order valence-electron chi connectivity index (χ0n) is 53.4. The lowest BCUT2D eigenvalue weighted by molar-refractivity contribution is -0.137. The minimum atomic E-state index is -2.61. The average Bonchev–Trinajstić information content (AvgIpc) is 0.750. The van der Waals surface area contributed by atoms with Crippen molar-refractivity contribution in [2.24, 2.45) is 16.7 Å². The van der Waals surface area contributed by atoms with Crippen LogP contribution in [-0.2, 0) is 105 Å². The zero-order chi connectivity index (χ0) is 88.4. The number of nitriles is 7. The van der Waals surface area contributed by atoms with Crippen molar-refractivity contribution in [2.75, 3.05) is 0 Å². The number of nitrogens with zero attached hydrogens (tertiary/aromatic N) is 7. The summed E-state index contributed by atoms with van der Waals surface area (Å²) in [5, 5.41) is 240. The zero-order valence-corrected chi connectivity index (χ0v) is 53.4. The number of hydrogen-bond acceptors (Lipinski definition) is 29. The van der Waals surface area contributed by atoms with Crippen LogP contribution in [0.15, 0.2) is 133 Å². The Morgan fingerprint density at radius 2 is 0.367 bits per heavy atom. The molecule has 0 heterocycles. The minimum Gasteiger partial charge on any atom is -0.478 e. The molecule has 0 aromatic heterocycles. The van der Waals surface area contributed by atoms with Crippen LogP contribution >= 0.6 is 0 Å². The van der Waals surface area contributed by atoms with Crippen molar-refractivity contribution in [3.8, 4) is 42.5 Å². The van der Waals surface area contributed by atoms with Gasteiger partial charge in [-0.15, -0.1) is 0 Å². The molecule has 0 aromatic rings. The Labute approximate surface area is 602 Å². The summed E-state index contributed by atoms with van der Waals surface area (Å²) in [4.78, 5) is 215. The first-order valence-corrected chi connectivity index (χ1v) is 25.3. The summed E-state index contributed by atoms with van der Waals surface area (Å²) in [6.07, 6.45) is 7.65. The van der Waals surface area contributed by atoms with Gasteiger partial charge in [0.1, 0.15) is 10.8 Å². The molecule has 2 unspecified atom stereocenters. The highest BCUT2D eigenvalue weighted by Crippen LogP contribution is 2.47. The van der Waals surface area contributed by atoms with Gasteiger partial charge in [-0.1, -0.05) is 0 Å². The summed E-state index contributed by atoms with van der Waals surface area (Å²) in [7, 11) is 0. The third-order valence-corrected chi connectivity index (χ3v) is 7.87. The molecule has 0 amide bonds. The van der Waals surface area contributed by atoms with E-state index in [1.807, 2.05) is 0 Å². The van der Waals surface area contributed by atoms with Gasteiger partial charge in [0.05, 0.1) is 85.2 Å². The van der Waals surface area contributed by atoms with Gasteiger partial charge in [-0.05, 0) is 0 Å². The molecule has 51 heteroatoms. The van der Waals surface area contributed by atoms with Gasteiger partial charge in [-0.3, -0.25) is 0 Å². The standard InChI is InChI=1S/C18H11N7O4.10C4H4O4/c19-5-1-12(9-23)18(11-25,4-8-22)14(16(28)29)13(15(26)27)17(10-24,2-6-20)3-7-21;10*5-3(6)1-2-4(7)8/h12H,1-4H2,(H,26,27)(H,28,29);10*1-2H,(H,5,6)(H,7,8)/b14-13+;10*2-1+. The number of rotatable bonds is 29. The fraction of sp³-hybridized carbons (Fsp3) is 0.121. The van der Waals surface area contributed by atoms with Crippen molar-refractivity contribution in [1.82, 2.24) is 0 Å². The molecule has 51 nitrogen and oxygen atoms in total. The molecule has 0 fully saturated rings. The van der Waals surface area contributed by atoms with E-state index < -0.39 is 185 Å². The summed E-state index contributed by atoms with van der Waals surface area (Å²) in [5.41, 5.74) is -7.58. The van der Waals surface area contributed by atoms with Crippen LogP contribution in [0, 0.1) is 96.1 Å². The maximum absolute atomic E-state index is 12.1. The van der Waals surface area contributed by atoms with Gasteiger partial charge < -0.3 is 112 Å². The lowest BCUT2D eigenvalue weighted by Gasteiger charge is -2.32. The topological polar surface area (TPSA) is 987 Å². The Morgan fingerprint density at radius 1 is 0.220 bits per heavy atom. The molecule has 0 saturated carbocycles. The van der Waals surface area contributed by atoms with Crippen molar-refractivity contribution in [2.45, 2.75) is 25.7 Å². The van der Waals surface area contributed by atoms with Gasteiger partial charge in [0, 0.05) is 122 Å². The third-order valence-electron chi connectivity index (χ3n) is 7.87.